The third-order valence-corrected chi connectivity index (χ3v) is 6.37. The Morgan fingerprint density at radius 3 is 2.93 bits per heavy atom. The average molecular weight is 399 g/mol. The van der Waals surface area contributed by atoms with E-state index in [9.17, 15) is 17.7 Å². The molecule has 146 valence electrons. The second-order valence-electron chi connectivity index (χ2n) is 7.13. The van der Waals surface area contributed by atoms with Crippen LogP contribution in [0.5, 0.6) is 0 Å². The predicted molar refractivity (Wildman–Crippen MR) is 96.6 cm³/mol. The van der Waals surface area contributed by atoms with Crippen molar-refractivity contribution < 1.29 is 17.7 Å². The fourth-order valence-electron chi connectivity index (χ4n) is 3.96. The van der Waals surface area contributed by atoms with Crippen LogP contribution in [0.3, 0.4) is 0 Å². The summed E-state index contributed by atoms with van der Waals surface area (Å²) < 4.78 is 53.8. The largest absolute Gasteiger partial charge is 0.598 e. The second kappa shape index (κ2) is 6.99. The number of alkyl halides is 3. The van der Waals surface area contributed by atoms with Crippen LogP contribution < -0.4 is 4.72 Å². The number of halogens is 3. The van der Waals surface area contributed by atoms with Gasteiger partial charge in [0.05, 0.1) is 24.2 Å². The number of rotatable bonds is 5. The summed E-state index contributed by atoms with van der Waals surface area (Å²) in [6.45, 7) is 2.11. The van der Waals surface area contributed by atoms with Crippen LogP contribution in [0.4, 0.5) is 13.2 Å². The molecular weight excluding hydrogens is 379 g/mol. The van der Waals surface area contributed by atoms with Crippen LogP contribution in [0, 0.1) is 5.92 Å². The first-order chi connectivity index (χ1) is 12.8. The third kappa shape index (κ3) is 3.78. The molecule has 3 aromatic heterocycles. The van der Waals surface area contributed by atoms with Crippen LogP contribution in [-0.2, 0) is 11.4 Å². The standard InChI is InChI=1S/C17H20F3N5OS/c1-10-6-11(24-27(26)5-3-17(18,19)20)7-12(10)14-8-22-15-9-23-16-13(25(14)15)2-4-21-16/h2,4,8-12,21,24H,3,5-7H2,1H3. The summed E-state index contributed by atoms with van der Waals surface area (Å²) in [6.07, 6.45) is 1.53. The van der Waals surface area contributed by atoms with Crippen LogP contribution in [0.15, 0.2) is 24.7 Å². The molecule has 0 spiro atoms. The smallest absolute Gasteiger partial charge is 0.393 e. The van der Waals surface area contributed by atoms with Gasteiger partial charge in [0.1, 0.15) is 5.75 Å². The Kier molecular flexibility index (Phi) is 4.81. The van der Waals surface area contributed by atoms with E-state index in [0.29, 0.717) is 12.3 Å². The normalized spacial score (nSPS) is 24.9. The van der Waals surface area contributed by atoms with E-state index in [-0.39, 0.29) is 12.0 Å². The minimum atomic E-state index is -4.28. The summed E-state index contributed by atoms with van der Waals surface area (Å²) in [4.78, 5) is 11.9. The van der Waals surface area contributed by atoms with Gasteiger partial charge in [0.15, 0.2) is 11.3 Å². The number of aromatic amines is 1. The Morgan fingerprint density at radius 2 is 2.15 bits per heavy atom. The van der Waals surface area contributed by atoms with E-state index in [1.807, 2.05) is 18.5 Å². The molecule has 0 amide bonds. The molecule has 4 unspecified atom stereocenters. The highest BCUT2D eigenvalue weighted by atomic mass is 32.2. The van der Waals surface area contributed by atoms with E-state index in [1.165, 1.54) is 0 Å². The molecule has 2 N–H and O–H groups in total. The van der Waals surface area contributed by atoms with Crippen LogP contribution in [0.1, 0.15) is 37.8 Å². The zero-order chi connectivity index (χ0) is 19.2. The van der Waals surface area contributed by atoms with E-state index in [2.05, 4.69) is 31.0 Å². The second-order valence-corrected chi connectivity index (χ2v) is 8.47. The molecule has 1 aliphatic carbocycles. The molecule has 0 aliphatic heterocycles. The SMILES string of the molecule is CC1CC(N[S+]([O-])CCC(F)(F)F)CC1c1cnc2cnc3[nH]ccc3n12. The monoisotopic (exact) mass is 399 g/mol. The first-order valence-corrected chi connectivity index (χ1v) is 10.1. The van der Waals surface area contributed by atoms with Gasteiger partial charge < -0.3 is 9.54 Å². The molecule has 3 heterocycles. The number of fused-ring (bicyclic) bond motifs is 3. The minimum Gasteiger partial charge on any atom is -0.598 e. The number of aromatic nitrogens is 4. The number of nitrogens with zero attached hydrogens (tertiary/aromatic N) is 3. The van der Waals surface area contributed by atoms with Crippen molar-refractivity contribution >= 4 is 28.2 Å². The van der Waals surface area contributed by atoms with Gasteiger partial charge in [0.2, 0.25) is 0 Å². The molecule has 10 heteroatoms. The van der Waals surface area contributed by atoms with Gasteiger partial charge in [-0.3, -0.25) is 4.40 Å². The molecular formula is C17H20F3N5OS. The Balaban J connectivity index is 1.51. The van der Waals surface area contributed by atoms with Crippen molar-refractivity contribution in [3.8, 4) is 0 Å². The van der Waals surface area contributed by atoms with Gasteiger partial charge in [-0.25, -0.2) is 9.97 Å². The summed E-state index contributed by atoms with van der Waals surface area (Å²) in [5.41, 5.74) is 3.53. The van der Waals surface area contributed by atoms with Crippen molar-refractivity contribution in [2.75, 3.05) is 5.75 Å². The summed E-state index contributed by atoms with van der Waals surface area (Å²) in [5, 5.41) is 0. The number of nitrogens with one attached hydrogen (secondary N) is 2. The molecule has 1 saturated carbocycles. The molecule has 27 heavy (non-hydrogen) atoms. The molecule has 0 aromatic carbocycles. The summed E-state index contributed by atoms with van der Waals surface area (Å²) >= 11 is -1.68. The number of hydrogen-bond donors (Lipinski definition) is 2. The van der Waals surface area contributed by atoms with Crippen LogP contribution in [0.2, 0.25) is 0 Å². The zero-order valence-corrected chi connectivity index (χ0v) is 15.5. The van der Waals surface area contributed by atoms with Gasteiger partial charge in [-0.2, -0.15) is 13.2 Å². The quantitative estimate of drug-likeness (QED) is 0.645. The Morgan fingerprint density at radius 1 is 1.33 bits per heavy atom. The first kappa shape index (κ1) is 18.6. The molecule has 4 atom stereocenters. The van der Waals surface area contributed by atoms with Crippen LogP contribution in [-0.4, -0.2) is 41.9 Å². The molecule has 0 bridgehead atoms. The maximum absolute atomic E-state index is 12.3. The number of hydrogen-bond acceptors (Lipinski definition) is 4. The molecule has 0 radical (unpaired) electrons. The molecule has 6 nitrogen and oxygen atoms in total. The van der Waals surface area contributed by atoms with Crippen molar-refractivity contribution in [3.05, 3.63) is 30.4 Å². The zero-order valence-electron chi connectivity index (χ0n) is 14.7. The highest BCUT2D eigenvalue weighted by Crippen LogP contribution is 2.40. The fourth-order valence-corrected chi connectivity index (χ4v) is 5.06. The average Bonchev–Trinajstić information content (AvgIpc) is 3.29. The summed E-state index contributed by atoms with van der Waals surface area (Å²) in [5.74, 6) is 0.0615. The van der Waals surface area contributed by atoms with E-state index in [4.69, 9.17) is 0 Å². The maximum Gasteiger partial charge on any atom is 0.393 e. The highest BCUT2D eigenvalue weighted by Gasteiger charge is 2.37. The van der Waals surface area contributed by atoms with Crippen molar-refractivity contribution in [2.24, 2.45) is 5.92 Å². The van der Waals surface area contributed by atoms with Crippen molar-refractivity contribution in [1.29, 1.82) is 0 Å². The number of imidazole rings is 1. The molecule has 0 saturated heterocycles. The molecule has 1 aliphatic rings. The molecule has 4 rings (SSSR count). The van der Waals surface area contributed by atoms with Crippen molar-refractivity contribution in [2.45, 2.75) is 44.3 Å². The van der Waals surface area contributed by atoms with Gasteiger partial charge in [-0.05, 0) is 24.8 Å². The molecule has 1 fully saturated rings. The van der Waals surface area contributed by atoms with Crippen LogP contribution in [0.25, 0.3) is 16.8 Å². The lowest BCUT2D eigenvalue weighted by Crippen LogP contribution is -2.36. The number of H-pyrrole nitrogens is 1. The lowest BCUT2D eigenvalue weighted by Gasteiger charge is -2.17. The van der Waals surface area contributed by atoms with Gasteiger partial charge in [0.25, 0.3) is 0 Å². The van der Waals surface area contributed by atoms with Crippen LogP contribution >= 0.6 is 0 Å². The van der Waals surface area contributed by atoms with E-state index < -0.39 is 29.7 Å². The van der Waals surface area contributed by atoms with Crippen molar-refractivity contribution in [1.82, 2.24) is 24.1 Å². The van der Waals surface area contributed by atoms with Gasteiger partial charge in [-0.1, -0.05) is 6.92 Å². The lowest BCUT2D eigenvalue weighted by atomic mass is 9.95. The first-order valence-electron chi connectivity index (χ1n) is 8.82. The molecule has 3 aromatic rings. The third-order valence-electron chi connectivity index (χ3n) is 5.20. The maximum atomic E-state index is 12.3. The van der Waals surface area contributed by atoms with Gasteiger partial charge >= 0.3 is 6.18 Å². The Hall–Kier alpha value is -1.78. The Bertz CT molecular complexity index is 940. The Labute approximate surface area is 156 Å². The predicted octanol–water partition coefficient (Wildman–Crippen LogP) is 3.30. The van der Waals surface area contributed by atoms with E-state index in [1.54, 1.807) is 6.20 Å². The minimum absolute atomic E-state index is 0.0758. The highest BCUT2D eigenvalue weighted by molar-refractivity contribution is 7.89. The van der Waals surface area contributed by atoms with Gasteiger partial charge in [-0.15, -0.1) is 4.72 Å². The summed E-state index contributed by atoms with van der Waals surface area (Å²) in [6, 6.07) is 1.87. The van der Waals surface area contributed by atoms with E-state index >= 15 is 0 Å². The van der Waals surface area contributed by atoms with Crippen molar-refractivity contribution in [3.63, 3.8) is 0 Å². The van der Waals surface area contributed by atoms with Gasteiger partial charge in [0, 0.05) is 35.4 Å². The van der Waals surface area contributed by atoms with E-state index in [0.717, 1.165) is 28.9 Å². The topological polar surface area (TPSA) is 81.1 Å². The summed E-state index contributed by atoms with van der Waals surface area (Å²) in [7, 11) is 0. The fraction of sp³-hybridized carbons (Fsp3) is 0.529. The lowest BCUT2D eigenvalue weighted by molar-refractivity contribution is -0.129.